The van der Waals surface area contributed by atoms with Crippen molar-refractivity contribution in [2.75, 3.05) is 26.7 Å². The highest BCUT2D eigenvalue weighted by molar-refractivity contribution is 5.76. The van der Waals surface area contributed by atoms with E-state index in [0.29, 0.717) is 12.5 Å². The van der Waals surface area contributed by atoms with E-state index in [9.17, 15) is 4.79 Å². The molecule has 1 aliphatic rings. The maximum atomic E-state index is 12.4. The highest BCUT2D eigenvalue weighted by Crippen LogP contribution is 2.26. The molecule has 1 amide bonds. The van der Waals surface area contributed by atoms with E-state index in [1.165, 1.54) is 5.56 Å². The third kappa shape index (κ3) is 4.27. The standard InChI is InChI=1S/C17H27N3O/c1-17(2,3)15-13-20(12-11-19(15)4)16(21)6-5-14-7-9-18-10-8-14/h7-10,15H,5-6,11-13H2,1-4H3/t15-/m0/s1. The number of hydrogen-bond acceptors (Lipinski definition) is 3. The van der Waals surface area contributed by atoms with E-state index >= 15 is 0 Å². The number of carbonyl (C=O) groups is 1. The molecular weight excluding hydrogens is 262 g/mol. The Kier molecular flexibility index (Phi) is 4.99. The van der Waals surface area contributed by atoms with Crippen LogP contribution in [0.1, 0.15) is 32.8 Å². The first-order chi connectivity index (χ1) is 9.88. The smallest absolute Gasteiger partial charge is 0.222 e. The van der Waals surface area contributed by atoms with Gasteiger partial charge in [-0.05, 0) is 36.6 Å². The molecule has 4 nitrogen and oxygen atoms in total. The topological polar surface area (TPSA) is 36.4 Å². The van der Waals surface area contributed by atoms with Crippen molar-refractivity contribution in [3.63, 3.8) is 0 Å². The van der Waals surface area contributed by atoms with Crippen LogP contribution in [0.25, 0.3) is 0 Å². The van der Waals surface area contributed by atoms with Crippen molar-refractivity contribution >= 4 is 5.91 Å². The molecule has 0 N–H and O–H groups in total. The number of hydrogen-bond donors (Lipinski definition) is 0. The van der Waals surface area contributed by atoms with E-state index < -0.39 is 0 Å². The highest BCUT2D eigenvalue weighted by Gasteiger charge is 2.34. The van der Waals surface area contributed by atoms with Crippen LogP contribution in [0.3, 0.4) is 0 Å². The fourth-order valence-corrected chi connectivity index (χ4v) is 2.99. The Balaban J connectivity index is 1.91. The molecule has 0 aromatic carbocycles. The van der Waals surface area contributed by atoms with Crippen molar-refractivity contribution in [1.82, 2.24) is 14.8 Å². The van der Waals surface area contributed by atoms with Crippen LogP contribution in [0.2, 0.25) is 0 Å². The molecular formula is C17H27N3O. The van der Waals surface area contributed by atoms with Gasteiger partial charge in [-0.2, -0.15) is 0 Å². The number of pyridine rings is 1. The average Bonchev–Trinajstić information content (AvgIpc) is 2.45. The average molecular weight is 289 g/mol. The van der Waals surface area contributed by atoms with Crippen molar-refractivity contribution in [2.45, 2.75) is 39.7 Å². The summed E-state index contributed by atoms with van der Waals surface area (Å²) in [5, 5.41) is 0. The molecule has 21 heavy (non-hydrogen) atoms. The van der Waals surface area contributed by atoms with Crippen molar-refractivity contribution < 1.29 is 4.79 Å². The van der Waals surface area contributed by atoms with Crippen LogP contribution in [-0.2, 0) is 11.2 Å². The molecule has 1 saturated heterocycles. The second kappa shape index (κ2) is 6.56. The predicted molar refractivity (Wildman–Crippen MR) is 85.0 cm³/mol. The van der Waals surface area contributed by atoms with Crippen LogP contribution < -0.4 is 0 Å². The van der Waals surface area contributed by atoms with Gasteiger partial charge < -0.3 is 4.90 Å². The normalized spacial score (nSPS) is 20.6. The first kappa shape index (κ1) is 16.0. The van der Waals surface area contributed by atoms with Crippen molar-refractivity contribution in [3.8, 4) is 0 Å². The molecule has 1 aromatic heterocycles. The molecule has 1 fully saturated rings. The minimum Gasteiger partial charge on any atom is -0.340 e. The lowest BCUT2D eigenvalue weighted by Gasteiger charge is -2.45. The Morgan fingerprint density at radius 2 is 1.95 bits per heavy atom. The Bertz CT molecular complexity index is 467. The zero-order chi connectivity index (χ0) is 15.5. The van der Waals surface area contributed by atoms with Gasteiger partial charge in [-0.1, -0.05) is 20.8 Å². The third-order valence-corrected chi connectivity index (χ3v) is 4.38. The molecule has 0 aliphatic carbocycles. The van der Waals surface area contributed by atoms with Gasteiger partial charge in [0.2, 0.25) is 5.91 Å². The molecule has 0 bridgehead atoms. The fourth-order valence-electron chi connectivity index (χ4n) is 2.99. The summed E-state index contributed by atoms with van der Waals surface area (Å²) in [5.41, 5.74) is 1.37. The van der Waals surface area contributed by atoms with E-state index in [0.717, 1.165) is 26.1 Å². The van der Waals surface area contributed by atoms with Gasteiger partial charge in [-0.15, -0.1) is 0 Å². The lowest BCUT2D eigenvalue weighted by Crippen LogP contribution is -2.57. The molecule has 2 heterocycles. The second-order valence-corrected chi connectivity index (χ2v) is 7.06. The maximum absolute atomic E-state index is 12.4. The summed E-state index contributed by atoms with van der Waals surface area (Å²) in [6.45, 7) is 9.40. The summed E-state index contributed by atoms with van der Waals surface area (Å²) in [7, 11) is 2.16. The largest absolute Gasteiger partial charge is 0.340 e. The molecule has 4 heteroatoms. The summed E-state index contributed by atoms with van der Waals surface area (Å²) in [5.74, 6) is 0.272. The van der Waals surface area contributed by atoms with E-state index in [2.05, 4.69) is 37.7 Å². The van der Waals surface area contributed by atoms with Crippen molar-refractivity contribution in [1.29, 1.82) is 0 Å². The van der Waals surface area contributed by atoms with Gasteiger partial charge >= 0.3 is 0 Å². The van der Waals surface area contributed by atoms with E-state index in [-0.39, 0.29) is 11.3 Å². The number of piperazine rings is 1. The number of rotatable bonds is 3. The van der Waals surface area contributed by atoms with Gasteiger partial charge in [0, 0.05) is 44.5 Å². The number of nitrogens with zero attached hydrogens (tertiary/aromatic N) is 3. The minimum atomic E-state index is 0.193. The number of carbonyl (C=O) groups excluding carboxylic acids is 1. The fraction of sp³-hybridized carbons (Fsp3) is 0.647. The summed E-state index contributed by atoms with van der Waals surface area (Å²) in [6.07, 6.45) is 4.95. The Hall–Kier alpha value is -1.42. The van der Waals surface area contributed by atoms with Gasteiger partial charge in [-0.25, -0.2) is 0 Å². The van der Waals surface area contributed by atoms with Crippen molar-refractivity contribution in [2.24, 2.45) is 5.41 Å². The van der Waals surface area contributed by atoms with E-state index in [1.807, 2.05) is 17.0 Å². The summed E-state index contributed by atoms with van der Waals surface area (Å²) < 4.78 is 0. The molecule has 0 spiro atoms. The van der Waals surface area contributed by atoms with Gasteiger partial charge in [0.1, 0.15) is 0 Å². The Labute approximate surface area is 128 Å². The Morgan fingerprint density at radius 1 is 1.29 bits per heavy atom. The lowest BCUT2D eigenvalue weighted by molar-refractivity contribution is -0.135. The number of likely N-dealkylation sites (N-methyl/N-ethyl adjacent to an activating group) is 1. The number of aryl methyl sites for hydroxylation is 1. The van der Waals surface area contributed by atoms with Gasteiger partial charge in [-0.3, -0.25) is 14.7 Å². The van der Waals surface area contributed by atoms with Gasteiger partial charge in [0.05, 0.1) is 0 Å². The minimum absolute atomic E-state index is 0.193. The van der Waals surface area contributed by atoms with Gasteiger partial charge in [0.25, 0.3) is 0 Å². The van der Waals surface area contributed by atoms with Crippen LogP contribution >= 0.6 is 0 Å². The van der Waals surface area contributed by atoms with Gasteiger partial charge in [0.15, 0.2) is 0 Å². The third-order valence-electron chi connectivity index (χ3n) is 4.38. The number of amides is 1. The van der Waals surface area contributed by atoms with E-state index in [4.69, 9.17) is 0 Å². The molecule has 1 aliphatic heterocycles. The summed E-state index contributed by atoms with van der Waals surface area (Å²) in [4.78, 5) is 20.9. The van der Waals surface area contributed by atoms with Crippen molar-refractivity contribution in [3.05, 3.63) is 30.1 Å². The van der Waals surface area contributed by atoms with Crippen LogP contribution in [-0.4, -0.2) is 53.4 Å². The SMILES string of the molecule is CN1CCN(C(=O)CCc2ccncc2)C[C@H]1C(C)(C)C. The second-order valence-electron chi connectivity index (χ2n) is 7.06. The number of aromatic nitrogens is 1. The molecule has 1 atom stereocenters. The lowest BCUT2D eigenvalue weighted by atomic mass is 9.84. The maximum Gasteiger partial charge on any atom is 0.222 e. The first-order valence-corrected chi connectivity index (χ1v) is 7.75. The van der Waals surface area contributed by atoms with Crippen LogP contribution in [0, 0.1) is 5.41 Å². The molecule has 0 saturated carbocycles. The highest BCUT2D eigenvalue weighted by atomic mass is 16.2. The van der Waals surface area contributed by atoms with Crippen LogP contribution in [0.15, 0.2) is 24.5 Å². The molecule has 2 rings (SSSR count). The van der Waals surface area contributed by atoms with Crippen LogP contribution in [0.5, 0.6) is 0 Å². The molecule has 0 unspecified atom stereocenters. The monoisotopic (exact) mass is 289 g/mol. The molecule has 0 radical (unpaired) electrons. The molecule has 1 aromatic rings. The van der Waals surface area contributed by atoms with Crippen LogP contribution in [0.4, 0.5) is 0 Å². The first-order valence-electron chi connectivity index (χ1n) is 7.75. The zero-order valence-electron chi connectivity index (χ0n) is 13.7. The Morgan fingerprint density at radius 3 is 2.57 bits per heavy atom. The molecule has 116 valence electrons. The zero-order valence-corrected chi connectivity index (χ0v) is 13.7. The van der Waals surface area contributed by atoms with E-state index in [1.54, 1.807) is 12.4 Å². The quantitative estimate of drug-likeness (QED) is 0.856. The summed E-state index contributed by atoms with van der Waals surface area (Å²) >= 11 is 0. The predicted octanol–water partition coefficient (Wildman–Crippen LogP) is 2.20. The summed E-state index contributed by atoms with van der Waals surface area (Å²) in [6, 6.07) is 4.39.